The van der Waals surface area contributed by atoms with E-state index in [1.54, 1.807) is 18.2 Å². The lowest BCUT2D eigenvalue weighted by Crippen LogP contribution is -2.37. The highest BCUT2D eigenvalue weighted by molar-refractivity contribution is 6.06. The molecule has 40 heavy (non-hydrogen) atoms. The van der Waals surface area contributed by atoms with Crippen molar-refractivity contribution in [2.24, 2.45) is 10.8 Å². The van der Waals surface area contributed by atoms with E-state index < -0.39 is 10.8 Å². The molecule has 0 atom stereocenters. The molecule has 0 N–H and O–H groups in total. The average Bonchev–Trinajstić information content (AvgIpc) is 2.86. The maximum absolute atomic E-state index is 13.5. The molecule has 0 saturated heterocycles. The van der Waals surface area contributed by atoms with E-state index in [4.69, 9.17) is 14.2 Å². The number of nitro benzene ring substituents is 1. The van der Waals surface area contributed by atoms with Gasteiger partial charge in [-0.15, -0.1) is 0 Å². The molecule has 0 amide bonds. The first-order valence-corrected chi connectivity index (χ1v) is 13.1. The Morgan fingerprint density at radius 3 is 2.00 bits per heavy atom. The van der Waals surface area contributed by atoms with Crippen molar-refractivity contribution in [3.05, 3.63) is 80.3 Å². The first kappa shape index (κ1) is 27.1. The number of ether oxygens (including phenoxy) is 3. The summed E-state index contributed by atoms with van der Waals surface area (Å²) in [4.78, 5) is 37.6. The van der Waals surface area contributed by atoms with E-state index in [1.807, 2.05) is 33.8 Å². The fourth-order valence-electron chi connectivity index (χ4n) is 5.88. The van der Waals surface area contributed by atoms with Gasteiger partial charge in [0.05, 0.1) is 12.0 Å². The molecule has 9 nitrogen and oxygen atoms in total. The third-order valence-corrected chi connectivity index (χ3v) is 7.62. The molecule has 0 radical (unpaired) electrons. The Balaban J connectivity index is 1.60. The molecular weight excluding hydrogens is 512 g/mol. The number of benzene rings is 2. The summed E-state index contributed by atoms with van der Waals surface area (Å²) in [6, 6.07) is 10.9. The molecule has 2 aromatic rings. The summed E-state index contributed by atoms with van der Waals surface area (Å²) in [5.74, 6) is 1.31. The SMILES string of the molecule is COc1cc(C2C3=C(CC(C)(C)CC3=O)OC3=C2C(=O)CC(C)(C)C3)ccc1Oc1ccc([N+](=O)[O-])cc1C#N. The first-order chi connectivity index (χ1) is 18.8. The summed E-state index contributed by atoms with van der Waals surface area (Å²) in [6.07, 6.45) is 1.88. The van der Waals surface area contributed by atoms with Crippen molar-refractivity contribution in [2.75, 3.05) is 7.11 Å². The van der Waals surface area contributed by atoms with Crippen LogP contribution in [-0.4, -0.2) is 23.6 Å². The first-order valence-electron chi connectivity index (χ1n) is 13.1. The maximum Gasteiger partial charge on any atom is 0.271 e. The van der Waals surface area contributed by atoms with Crippen molar-refractivity contribution >= 4 is 17.3 Å². The van der Waals surface area contributed by atoms with Gasteiger partial charge < -0.3 is 14.2 Å². The monoisotopic (exact) mass is 542 g/mol. The van der Waals surface area contributed by atoms with Gasteiger partial charge in [0.1, 0.15) is 28.9 Å². The minimum absolute atomic E-state index is 0.000174. The number of methoxy groups -OCH3 is 1. The Kier molecular flexibility index (Phi) is 6.53. The highest BCUT2D eigenvalue weighted by atomic mass is 16.6. The summed E-state index contributed by atoms with van der Waals surface area (Å²) in [7, 11) is 1.47. The number of hydrogen-bond acceptors (Lipinski definition) is 8. The van der Waals surface area contributed by atoms with Gasteiger partial charge in [-0.1, -0.05) is 33.8 Å². The number of carbonyl (C=O) groups excluding carboxylic acids is 2. The minimum Gasteiger partial charge on any atom is -0.493 e. The quantitative estimate of drug-likeness (QED) is 0.303. The predicted molar refractivity (Wildman–Crippen MR) is 145 cm³/mol. The van der Waals surface area contributed by atoms with Gasteiger partial charge in [0, 0.05) is 54.9 Å². The number of non-ortho nitro benzene ring substituents is 1. The molecule has 0 aromatic heterocycles. The maximum atomic E-state index is 13.5. The standard InChI is InChI=1S/C31H30N2O7/c1-30(2)12-20(34)28-25(14-30)40-26-15-31(3,4)13-21(35)29(26)27(28)17-6-8-23(24(11-17)38-5)39-22-9-7-19(33(36)37)10-18(22)16-32/h6-11,27H,12-15H2,1-5H3. The number of carbonyl (C=O) groups is 2. The Bertz CT molecular complexity index is 1520. The topological polar surface area (TPSA) is 129 Å². The van der Waals surface area contributed by atoms with E-state index >= 15 is 0 Å². The molecule has 2 aliphatic carbocycles. The largest absolute Gasteiger partial charge is 0.493 e. The number of allylic oxidation sites excluding steroid dienone is 4. The Hall–Kier alpha value is -4.45. The van der Waals surface area contributed by atoms with E-state index in [2.05, 4.69) is 0 Å². The van der Waals surface area contributed by atoms with Crippen LogP contribution in [0.2, 0.25) is 0 Å². The van der Waals surface area contributed by atoms with Gasteiger partial charge in [-0.3, -0.25) is 19.7 Å². The molecule has 0 fully saturated rings. The third-order valence-electron chi connectivity index (χ3n) is 7.62. The van der Waals surface area contributed by atoms with Crippen LogP contribution in [0.4, 0.5) is 5.69 Å². The molecule has 0 saturated carbocycles. The molecule has 1 heterocycles. The lowest BCUT2D eigenvalue weighted by Gasteiger charge is -2.42. The number of hydrogen-bond donors (Lipinski definition) is 0. The van der Waals surface area contributed by atoms with Gasteiger partial charge >= 0.3 is 0 Å². The molecule has 2 aromatic carbocycles. The van der Waals surface area contributed by atoms with Crippen molar-refractivity contribution in [1.29, 1.82) is 5.26 Å². The molecule has 3 aliphatic rings. The molecule has 0 spiro atoms. The van der Waals surface area contributed by atoms with E-state index in [-0.39, 0.29) is 45.1 Å². The van der Waals surface area contributed by atoms with Gasteiger partial charge in [-0.05, 0) is 34.6 Å². The number of ketones is 2. The molecule has 1 aliphatic heterocycles. The Morgan fingerprint density at radius 2 is 1.48 bits per heavy atom. The zero-order valence-corrected chi connectivity index (χ0v) is 23.1. The van der Waals surface area contributed by atoms with Crippen molar-refractivity contribution in [3.8, 4) is 23.3 Å². The van der Waals surface area contributed by atoms with Crippen molar-refractivity contribution < 1.29 is 28.7 Å². The predicted octanol–water partition coefficient (Wildman–Crippen LogP) is 6.67. The van der Waals surface area contributed by atoms with Gasteiger partial charge in [0.25, 0.3) is 5.69 Å². The van der Waals surface area contributed by atoms with Crippen molar-refractivity contribution in [1.82, 2.24) is 0 Å². The van der Waals surface area contributed by atoms with Gasteiger partial charge in [-0.2, -0.15) is 5.26 Å². The van der Waals surface area contributed by atoms with Gasteiger partial charge in [0.2, 0.25) is 0 Å². The lowest BCUT2D eigenvalue weighted by atomic mass is 9.65. The number of Topliss-reactive ketones (excluding diaryl/α,β-unsaturated/α-hetero) is 2. The van der Waals surface area contributed by atoms with E-state index in [1.165, 1.54) is 19.2 Å². The van der Waals surface area contributed by atoms with Crippen LogP contribution in [0.15, 0.2) is 59.1 Å². The Labute approximate surface area is 232 Å². The molecular formula is C31H30N2O7. The zero-order valence-electron chi connectivity index (χ0n) is 23.1. The van der Waals surface area contributed by atoms with E-state index in [0.717, 1.165) is 6.07 Å². The van der Waals surface area contributed by atoms with Crippen molar-refractivity contribution in [3.63, 3.8) is 0 Å². The zero-order chi connectivity index (χ0) is 29.0. The van der Waals surface area contributed by atoms with Crippen LogP contribution in [0.3, 0.4) is 0 Å². The van der Waals surface area contributed by atoms with E-state index in [0.29, 0.717) is 59.7 Å². The third kappa shape index (κ3) is 4.86. The van der Waals surface area contributed by atoms with Crippen LogP contribution in [0.25, 0.3) is 0 Å². The smallest absolute Gasteiger partial charge is 0.271 e. The molecule has 9 heteroatoms. The van der Waals surface area contributed by atoms with Crippen LogP contribution in [-0.2, 0) is 14.3 Å². The minimum atomic E-state index is -0.594. The molecule has 206 valence electrons. The second kappa shape index (κ2) is 9.63. The summed E-state index contributed by atoms with van der Waals surface area (Å²) in [6.45, 7) is 8.15. The second-order valence-electron chi connectivity index (χ2n) is 12.2. The fraction of sp³-hybridized carbons (Fsp3) is 0.387. The molecule has 5 rings (SSSR count). The lowest BCUT2D eigenvalue weighted by molar-refractivity contribution is -0.384. The summed E-state index contributed by atoms with van der Waals surface area (Å²) in [5.41, 5.74) is 0.988. The van der Waals surface area contributed by atoms with Crippen LogP contribution in [0, 0.1) is 32.3 Å². The number of nitrogens with zero attached hydrogens (tertiary/aromatic N) is 2. The van der Waals surface area contributed by atoms with Crippen molar-refractivity contribution in [2.45, 2.75) is 59.3 Å². The number of nitriles is 1. The number of rotatable bonds is 5. The Morgan fingerprint density at radius 1 is 0.900 bits per heavy atom. The van der Waals surface area contributed by atoms with Gasteiger partial charge in [0.15, 0.2) is 23.1 Å². The second-order valence-corrected chi connectivity index (χ2v) is 12.2. The highest BCUT2D eigenvalue weighted by Crippen LogP contribution is 2.54. The molecule has 0 bridgehead atoms. The van der Waals surface area contributed by atoms with Crippen LogP contribution in [0.5, 0.6) is 17.2 Å². The number of nitro groups is 1. The average molecular weight is 543 g/mol. The fourth-order valence-corrected chi connectivity index (χ4v) is 5.88. The van der Waals surface area contributed by atoms with Crippen LogP contribution in [0.1, 0.15) is 70.4 Å². The summed E-state index contributed by atoms with van der Waals surface area (Å²) < 4.78 is 17.9. The van der Waals surface area contributed by atoms with E-state index in [9.17, 15) is 25.0 Å². The summed E-state index contributed by atoms with van der Waals surface area (Å²) in [5, 5.41) is 20.6. The highest BCUT2D eigenvalue weighted by Gasteiger charge is 2.48. The van der Waals surface area contributed by atoms with Crippen LogP contribution >= 0.6 is 0 Å². The summed E-state index contributed by atoms with van der Waals surface area (Å²) >= 11 is 0. The normalized spacial score (nSPS) is 19.8. The molecule has 0 unspecified atom stereocenters. The van der Waals surface area contributed by atoms with Crippen LogP contribution < -0.4 is 9.47 Å². The van der Waals surface area contributed by atoms with Gasteiger partial charge in [-0.25, -0.2) is 0 Å².